The molecule has 0 saturated heterocycles. The first-order valence-electron chi connectivity index (χ1n) is 7.45. The average Bonchev–Trinajstić information content (AvgIpc) is 2.62. The summed E-state index contributed by atoms with van der Waals surface area (Å²) in [4.78, 5) is 0. The molecule has 24 heavy (non-hydrogen) atoms. The van der Waals surface area contributed by atoms with Gasteiger partial charge in [-0.3, -0.25) is 0 Å². The second kappa shape index (κ2) is 5.00. The molecule has 0 aliphatic heterocycles. The van der Waals surface area contributed by atoms with Crippen LogP contribution in [0.5, 0.6) is 0 Å². The van der Waals surface area contributed by atoms with Crippen molar-refractivity contribution in [3.63, 3.8) is 0 Å². The summed E-state index contributed by atoms with van der Waals surface area (Å²) < 4.78 is 0. The van der Waals surface area contributed by atoms with Crippen LogP contribution in [0.1, 0.15) is 0 Å². The Morgan fingerprint density at radius 3 is 2.12 bits per heavy atom. The van der Waals surface area contributed by atoms with E-state index in [1.807, 2.05) is 6.07 Å². The zero-order valence-corrected chi connectivity index (χ0v) is 13.8. The van der Waals surface area contributed by atoms with Crippen molar-refractivity contribution in [2.24, 2.45) is 0 Å². The van der Waals surface area contributed by atoms with E-state index in [1.165, 1.54) is 26.9 Å². The summed E-state index contributed by atoms with van der Waals surface area (Å²) in [7, 11) is 0. The van der Waals surface area contributed by atoms with Crippen LogP contribution < -0.4 is 0 Å². The van der Waals surface area contributed by atoms with Crippen LogP contribution in [0.3, 0.4) is 0 Å². The highest BCUT2D eigenvalue weighted by atomic mass is 35.5. The lowest BCUT2D eigenvalue weighted by Crippen LogP contribution is -1.95. The van der Waals surface area contributed by atoms with Crippen LogP contribution in [-0.4, -0.2) is 15.4 Å². The van der Waals surface area contributed by atoms with Gasteiger partial charge < -0.3 is 0 Å². The topological polar surface area (TPSA) is 38.7 Å². The van der Waals surface area contributed by atoms with Gasteiger partial charge in [0, 0.05) is 5.56 Å². The maximum Gasteiger partial charge on any atom is 0.174 e. The molecule has 0 bridgehead atoms. The highest BCUT2D eigenvalue weighted by Crippen LogP contribution is 2.40. The first-order chi connectivity index (χ1) is 11.7. The molecule has 0 aliphatic rings. The first kappa shape index (κ1) is 13.9. The highest BCUT2D eigenvalue weighted by molar-refractivity contribution is 6.43. The third kappa shape index (κ3) is 1.83. The van der Waals surface area contributed by atoms with E-state index in [1.54, 1.807) is 0 Å². The largest absolute Gasteiger partial charge is 0.174 e. The average molecular weight is 350 g/mol. The quantitative estimate of drug-likeness (QED) is 0.362. The van der Waals surface area contributed by atoms with Crippen molar-refractivity contribution in [3.8, 4) is 11.3 Å². The molecule has 3 nitrogen and oxygen atoms in total. The molecule has 114 valence electrons. The third-order valence-corrected chi connectivity index (χ3v) is 5.17. The molecule has 5 aromatic rings. The predicted molar refractivity (Wildman–Crippen MR) is 99.0 cm³/mol. The molecule has 0 fully saturated rings. The first-order valence-corrected chi connectivity index (χ1v) is 8.21. The minimum absolute atomic E-state index is 0.160. The van der Waals surface area contributed by atoms with Crippen LogP contribution >= 0.6 is 23.2 Å². The molecule has 5 rings (SSSR count). The summed E-state index contributed by atoms with van der Waals surface area (Å²) in [6.07, 6.45) is 0. The van der Waals surface area contributed by atoms with Crippen LogP contribution in [0.25, 0.3) is 43.6 Å². The highest BCUT2D eigenvalue weighted by Gasteiger charge is 2.16. The summed E-state index contributed by atoms with van der Waals surface area (Å²) in [6.45, 7) is 0. The molecule has 5 heteroatoms. The lowest BCUT2D eigenvalue weighted by molar-refractivity contribution is 0.872. The van der Waals surface area contributed by atoms with Crippen molar-refractivity contribution in [2.45, 2.75) is 0 Å². The Bertz CT molecular complexity index is 1220. The van der Waals surface area contributed by atoms with Crippen molar-refractivity contribution >= 4 is 55.5 Å². The van der Waals surface area contributed by atoms with Gasteiger partial charge in [0.1, 0.15) is 10.7 Å². The number of rotatable bonds is 1. The van der Waals surface area contributed by atoms with Crippen molar-refractivity contribution in [3.05, 3.63) is 64.8 Å². The van der Waals surface area contributed by atoms with Crippen molar-refractivity contribution < 1.29 is 0 Å². The standard InChI is InChI=1S/C19H9Cl2N3/c20-17-18(22-24-23-19(17)21)14-9-7-12-5-4-10-2-1-3-11-6-8-13(14)16(12)15(10)11/h1-9H. The van der Waals surface area contributed by atoms with Crippen LogP contribution in [0.2, 0.25) is 10.2 Å². The molecule has 0 unspecified atom stereocenters. The Morgan fingerprint density at radius 2 is 1.33 bits per heavy atom. The van der Waals surface area contributed by atoms with E-state index in [2.05, 4.69) is 63.9 Å². The van der Waals surface area contributed by atoms with Gasteiger partial charge in [0.2, 0.25) is 0 Å². The van der Waals surface area contributed by atoms with E-state index < -0.39 is 0 Å². The number of hydrogen-bond donors (Lipinski definition) is 0. The minimum atomic E-state index is 0.160. The van der Waals surface area contributed by atoms with Gasteiger partial charge in [-0.2, -0.15) is 0 Å². The molecule has 1 aromatic heterocycles. The molecule has 0 N–H and O–H groups in total. The normalized spacial score (nSPS) is 11.8. The number of aromatic nitrogens is 3. The Morgan fingerprint density at radius 1 is 0.667 bits per heavy atom. The monoisotopic (exact) mass is 349 g/mol. The molecule has 0 amide bonds. The van der Waals surface area contributed by atoms with E-state index in [0.717, 1.165) is 10.9 Å². The van der Waals surface area contributed by atoms with Crippen LogP contribution in [0.4, 0.5) is 0 Å². The van der Waals surface area contributed by atoms with Crippen LogP contribution in [-0.2, 0) is 0 Å². The van der Waals surface area contributed by atoms with Crippen molar-refractivity contribution in [1.29, 1.82) is 0 Å². The van der Waals surface area contributed by atoms with Crippen molar-refractivity contribution in [2.75, 3.05) is 0 Å². The molecular formula is C19H9Cl2N3. The molecule has 0 aliphatic carbocycles. The summed E-state index contributed by atoms with van der Waals surface area (Å²) in [6, 6.07) is 18.9. The lowest BCUT2D eigenvalue weighted by Gasteiger charge is -2.13. The van der Waals surface area contributed by atoms with Gasteiger partial charge in [0.05, 0.1) is 0 Å². The van der Waals surface area contributed by atoms with Gasteiger partial charge in [-0.05, 0) is 37.5 Å². The van der Waals surface area contributed by atoms with Gasteiger partial charge in [0.25, 0.3) is 0 Å². The number of benzene rings is 4. The third-order valence-electron chi connectivity index (χ3n) is 4.45. The summed E-state index contributed by atoms with van der Waals surface area (Å²) in [5, 5.41) is 19.2. The molecule has 0 saturated carbocycles. The fourth-order valence-corrected chi connectivity index (χ4v) is 3.71. The van der Waals surface area contributed by atoms with E-state index in [0.29, 0.717) is 10.7 Å². The molecule has 0 atom stereocenters. The second-order valence-electron chi connectivity index (χ2n) is 5.71. The summed E-state index contributed by atoms with van der Waals surface area (Å²) >= 11 is 12.3. The smallest absolute Gasteiger partial charge is 0.128 e. The molecule has 4 aromatic carbocycles. The predicted octanol–water partition coefficient (Wildman–Crippen LogP) is 5.74. The van der Waals surface area contributed by atoms with Gasteiger partial charge in [-0.1, -0.05) is 77.8 Å². The minimum Gasteiger partial charge on any atom is -0.128 e. The van der Waals surface area contributed by atoms with Crippen molar-refractivity contribution in [1.82, 2.24) is 15.4 Å². The fraction of sp³-hybridized carbons (Fsp3) is 0. The Kier molecular flexibility index (Phi) is 2.90. The van der Waals surface area contributed by atoms with E-state index in [4.69, 9.17) is 23.2 Å². The Balaban J connectivity index is 1.99. The fourth-order valence-electron chi connectivity index (χ4n) is 3.41. The maximum absolute atomic E-state index is 6.32. The number of hydrogen-bond acceptors (Lipinski definition) is 3. The van der Waals surface area contributed by atoms with Crippen LogP contribution in [0.15, 0.2) is 54.6 Å². The van der Waals surface area contributed by atoms with Crippen LogP contribution in [0, 0.1) is 0 Å². The molecule has 0 radical (unpaired) electrons. The van der Waals surface area contributed by atoms with Gasteiger partial charge >= 0.3 is 0 Å². The van der Waals surface area contributed by atoms with Gasteiger partial charge in [-0.15, -0.1) is 10.2 Å². The zero-order chi connectivity index (χ0) is 16.3. The number of halogens is 2. The molecule has 1 heterocycles. The number of nitrogens with zero attached hydrogens (tertiary/aromatic N) is 3. The zero-order valence-electron chi connectivity index (χ0n) is 12.3. The summed E-state index contributed by atoms with van der Waals surface area (Å²) in [5.74, 6) is 0. The summed E-state index contributed by atoms with van der Waals surface area (Å²) in [5.41, 5.74) is 1.46. The molecule has 0 spiro atoms. The SMILES string of the molecule is Clc1nnnc(-c2ccc3ccc4cccc5ccc2c3c45)c1Cl. The van der Waals surface area contributed by atoms with E-state index in [9.17, 15) is 0 Å². The van der Waals surface area contributed by atoms with Gasteiger partial charge in [-0.25, -0.2) is 0 Å². The lowest BCUT2D eigenvalue weighted by atomic mass is 9.91. The van der Waals surface area contributed by atoms with E-state index in [-0.39, 0.29) is 5.15 Å². The Hall–Kier alpha value is -2.49. The van der Waals surface area contributed by atoms with Gasteiger partial charge in [0.15, 0.2) is 5.15 Å². The maximum atomic E-state index is 6.32. The molecular weight excluding hydrogens is 341 g/mol. The second-order valence-corrected chi connectivity index (χ2v) is 6.45. The Labute approximate surface area is 147 Å². The van der Waals surface area contributed by atoms with E-state index >= 15 is 0 Å².